The monoisotopic (exact) mass is 297 g/mol. The van der Waals surface area contributed by atoms with Crippen LogP contribution in [0.2, 0.25) is 0 Å². The Morgan fingerprint density at radius 2 is 1.82 bits per heavy atom. The fraction of sp³-hybridized carbons (Fsp3) is 0.444. The van der Waals surface area contributed by atoms with Crippen LogP contribution in [0.3, 0.4) is 0 Å². The molecule has 2 aliphatic rings. The van der Waals surface area contributed by atoms with Gasteiger partial charge >= 0.3 is 5.97 Å². The molecular formula is C18H19NO3. The fourth-order valence-corrected chi connectivity index (χ4v) is 4.05. The number of nitrogens with one attached hydrogen (secondary N) is 1. The lowest BCUT2D eigenvalue weighted by molar-refractivity contribution is -0.136. The number of hydrogen-bond acceptors (Lipinski definition) is 3. The Balaban J connectivity index is 1.91. The zero-order valence-corrected chi connectivity index (χ0v) is 12.4. The van der Waals surface area contributed by atoms with E-state index >= 15 is 0 Å². The number of para-hydroxylation sites is 1. The topological polar surface area (TPSA) is 59.2 Å². The zero-order chi connectivity index (χ0) is 15.1. The molecule has 1 aliphatic heterocycles. The first-order valence-corrected chi connectivity index (χ1v) is 8.09. The third-order valence-electron chi connectivity index (χ3n) is 5.10. The summed E-state index contributed by atoms with van der Waals surface area (Å²) in [5.41, 5.74) is 1.31. The number of benzene rings is 1. The molecule has 4 rings (SSSR count). The van der Waals surface area contributed by atoms with Crippen LogP contribution in [0.25, 0.3) is 10.9 Å². The van der Waals surface area contributed by atoms with Crippen LogP contribution in [0.1, 0.15) is 50.0 Å². The van der Waals surface area contributed by atoms with Gasteiger partial charge in [0.1, 0.15) is 5.75 Å². The van der Waals surface area contributed by atoms with Crippen molar-refractivity contribution in [1.82, 2.24) is 4.98 Å². The van der Waals surface area contributed by atoms with E-state index in [0.29, 0.717) is 23.7 Å². The van der Waals surface area contributed by atoms with Crippen molar-refractivity contribution in [2.24, 2.45) is 5.92 Å². The lowest BCUT2D eigenvalue weighted by atomic mass is 9.74. The molecule has 0 radical (unpaired) electrons. The van der Waals surface area contributed by atoms with Crippen LogP contribution in [0, 0.1) is 5.92 Å². The summed E-state index contributed by atoms with van der Waals surface area (Å²) in [5, 5.41) is 0.825. The number of carbonyl (C=O) groups excluding carboxylic acids is 1. The summed E-state index contributed by atoms with van der Waals surface area (Å²) in [6.45, 7) is 0. The van der Waals surface area contributed by atoms with E-state index in [1.54, 1.807) is 0 Å². The van der Waals surface area contributed by atoms with Crippen LogP contribution >= 0.6 is 0 Å². The first kappa shape index (κ1) is 13.6. The second kappa shape index (κ2) is 5.27. The highest BCUT2D eigenvalue weighted by molar-refractivity contribution is 5.90. The molecule has 22 heavy (non-hydrogen) atoms. The van der Waals surface area contributed by atoms with Gasteiger partial charge in [0.15, 0.2) is 0 Å². The molecule has 0 amide bonds. The van der Waals surface area contributed by atoms with Crippen LogP contribution in [-0.2, 0) is 4.79 Å². The summed E-state index contributed by atoms with van der Waals surface area (Å²) in [6.07, 6.45) is 6.18. The minimum atomic E-state index is -0.209. The molecule has 1 aromatic heterocycles. The fourth-order valence-electron chi connectivity index (χ4n) is 4.05. The van der Waals surface area contributed by atoms with Gasteiger partial charge in [0.2, 0.25) is 0 Å². The molecule has 4 heteroatoms. The van der Waals surface area contributed by atoms with Gasteiger partial charge in [-0.15, -0.1) is 0 Å². The summed E-state index contributed by atoms with van der Waals surface area (Å²) in [7, 11) is 0. The lowest BCUT2D eigenvalue weighted by Crippen LogP contribution is -2.32. The van der Waals surface area contributed by atoms with Crippen molar-refractivity contribution in [3.8, 4) is 5.75 Å². The van der Waals surface area contributed by atoms with Gasteiger partial charge in [0, 0.05) is 11.3 Å². The normalized spacial score (nSPS) is 22.4. The van der Waals surface area contributed by atoms with Crippen molar-refractivity contribution in [3.63, 3.8) is 0 Å². The number of carbonyl (C=O) groups is 1. The van der Waals surface area contributed by atoms with Gasteiger partial charge in [-0.3, -0.25) is 9.59 Å². The molecule has 114 valence electrons. The largest absolute Gasteiger partial charge is 0.425 e. The van der Waals surface area contributed by atoms with E-state index in [1.165, 1.54) is 19.3 Å². The third-order valence-corrected chi connectivity index (χ3v) is 5.10. The summed E-state index contributed by atoms with van der Waals surface area (Å²) in [6, 6.07) is 7.52. The number of H-pyrrole nitrogens is 1. The van der Waals surface area contributed by atoms with Gasteiger partial charge in [-0.25, -0.2) is 0 Å². The van der Waals surface area contributed by atoms with Gasteiger partial charge in [0.05, 0.1) is 17.5 Å². The SMILES string of the molecule is O=C1C[C@@H](C2CCCCC2)c2c(c3ccccc3[nH]c2=O)O1. The van der Waals surface area contributed by atoms with Crippen molar-refractivity contribution in [3.05, 3.63) is 40.2 Å². The lowest BCUT2D eigenvalue weighted by Gasteiger charge is -2.33. The molecule has 2 heterocycles. The van der Waals surface area contributed by atoms with E-state index in [2.05, 4.69) is 4.98 Å². The maximum absolute atomic E-state index is 12.6. The Kier molecular flexibility index (Phi) is 3.25. The quantitative estimate of drug-likeness (QED) is 0.820. The highest BCUT2D eigenvalue weighted by atomic mass is 16.5. The second-order valence-electron chi connectivity index (χ2n) is 6.43. The number of pyridine rings is 1. The number of rotatable bonds is 1. The molecule has 1 N–H and O–H groups in total. The average Bonchev–Trinajstić information content (AvgIpc) is 2.55. The van der Waals surface area contributed by atoms with E-state index in [9.17, 15) is 9.59 Å². The van der Waals surface area contributed by atoms with Crippen molar-refractivity contribution in [2.45, 2.75) is 44.4 Å². The first-order chi connectivity index (χ1) is 10.7. The summed E-state index contributed by atoms with van der Waals surface area (Å²) in [5.74, 6) is 0.706. The molecular weight excluding hydrogens is 278 g/mol. The summed E-state index contributed by atoms with van der Waals surface area (Å²) < 4.78 is 5.49. The number of aromatic nitrogens is 1. The van der Waals surface area contributed by atoms with Crippen molar-refractivity contribution in [2.75, 3.05) is 0 Å². The third kappa shape index (κ3) is 2.14. The molecule has 0 bridgehead atoms. The van der Waals surface area contributed by atoms with E-state index < -0.39 is 0 Å². The maximum Gasteiger partial charge on any atom is 0.311 e. The zero-order valence-electron chi connectivity index (χ0n) is 12.4. The number of hydrogen-bond donors (Lipinski definition) is 1. The van der Waals surface area contributed by atoms with E-state index in [1.807, 2.05) is 24.3 Å². The Bertz CT molecular complexity index is 787. The molecule has 1 atom stereocenters. The summed E-state index contributed by atoms with van der Waals surface area (Å²) in [4.78, 5) is 27.6. The number of ether oxygens (including phenoxy) is 1. The number of esters is 1. The molecule has 1 fully saturated rings. The highest BCUT2D eigenvalue weighted by Gasteiger charge is 2.36. The molecule has 1 aromatic carbocycles. The van der Waals surface area contributed by atoms with Gasteiger partial charge in [-0.1, -0.05) is 31.4 Å². The number of fused-ring (bicyclic) bond motifs is 3. The molecule has 0 saturated heterocycles. The van der Waals surface area contributed by atoms with E-state index in [4.69, 9.17) is 4.74 Å². The van der Waals surface area contributed by atoms with Gasteiger partial charge < -0.3 is 9.72 Å². The van der Waals surface area contributed by atoms with Crippen LogP contribution in [-0.4, -0.2) is 11.0 Å². The molecule has 0 unspecified atom stereocenters. The first-order valence-electron chi connectivity index (χ1n) is 8.09. The predicted octanol–water partition coefficient (Wildman–Crippen LogP) is 3.50. The summed E-state index contributed by atoms with van der Waals surface area (Å²) >= 11 is 0. The van der Waals surface area contributed by atoms with Gasteiger partial charge in [-0.05, 0) is 30.9 Å². The molecule has 1 aliphatic carbocycles. The Labute approximate surface area is 128 Å². The van der Waals surface area contributed by atoms with Crippen LogP contribution in [0.5, 0.6) is 5.75 Å². The van der Waals surface area contributed by atoms with E-state index in [0.717, 1.165) is 23.7 Å². The van der Waals surface area contributed by atoms with Crippen molar-refractivity contribution >= 4 is 16.9 Å². The Morgan fingerprint density at radius 1 is 1.05 bits per heavy atom. The predicted molar refractivity (Wildman–Crippen MR) is 84.1 cm³/mol. The molecule has 0 spiro atoms. The van der Waals surface area contributed by atoms with Crippen molar-refractivity contribution in [1.29, 1.82) is 0 Å². The standard InChI is InChI=1S/C18H19NO3/c20-15-10-13(11-6-2-1-3-7-11)16-17(22-15)12-8-4-5-9-14(12)19-18(16)21/h4-5,8-9,11,13H,1-3,6-7,10H2,(H,19,21)/t13-/m0/s1. The smallest absolute Gasteiger partial charge is 0.311 e. The second-order valence-corrected chi connectivity index (χ2v) is 6.43. The maximum atomic E-state index is 12.6. The minimum Gasteiger partial charge on any atom is -0.425 e. The van der Waals surface area contributed by atoms with Crippen LogP contribution in [0.15, 0.2) is 29.1 Å². The molecule has 1 saturated carbocycles. The van der Waals surface area contributed by atoms with Crippen LogP contribution < -0.4 is 10.3 Å². The molecule has 4 nitrogen and oxygen atoms in total. The van der Waals surface area contributed by atoms with Gasteiger partial charge in [-0.2, -0.15) is 0 Å². The van der Waals surface area contributed by atoms with Gasteiger partial charge in [0.25, 0.3) is 5.56 Å². The highest BCUT2D eigenvalue weighted by Crippen LogP contribution is 2.44. The van der Waals surface area contributed by atoms with Crippen LogP contribution in [0.4, 0.5) is 0 Å². The Morgan fingerprint density at radius 3 is 2.64 bits per heavy atom. The van der Waals surface area contributed by atoms with Crippen molar-refractivity contribution < 1.29 is 9.53 Å². The Hall–Kier alpha value is -2.10. The van der Waals surface area contributed by atoms with E-state index in [-0.39, 0.29) is 17.4 Å². The average molecular weight is 297 g/mol. The number of aromatic amines is 1. The minimum absolute atomic E-state index is 0.00454. The molecule has 2 aromatic rings.